The van der Waals surface area contributed by atoms with Crippen LogP contribution in [0.2, 0.25) is 5.02 Å². The molecule has 21 heavy (non-hydrogen) atoms. The van der Waals surface area contributed by atoms with Gasteiger partial charge >= 0.3 is 0 Å². The quantitative estimate of drug-likeness (QED) is 0.848. The van der Waals surface area contributed by atoms with Crippen LogP contribution in [0.5, 0.6) is 0 Å². The SMILES string of the molecule is CN(C)CC[C@](C#N)(c1ccc(Cl)cc1)c1ccccn1. The molecule has 4 heteroatoms. The van der Waals surface area contributed by atoms with E-state index in [9.17, 15) is 5.26 Å². The standard InChI is InChI=1S/C17H18ClN3/c1-21(2)12-10-17(13-19,16-5-3-4-11-20-16)14-6-8-15(18)9-7-14/h3-9,11H,10,12H2,1-2H3/t17-/m0/s1. The van der Waals surface area contributed by atoms with Gasteiger partial charge in [0.15, 0.2) is 0 Å². The van der Waals surface area contributed by atoms with Gasteiger partial charge in [0.1, 0.15) is 5.41 Å². The van der Waals surface area contributed by atoms with Gasteiger partial charge in [-0.05, 0) is 56.9 Å². The molecule has 0 spiro atoms. The van der Waals surface area contributed by atoms with Gasteiger partial charge in [-0.15, -0.1) is 0 Å². The molecule has 1 aromatic heterocycles. The van der Waals surface area contributed by atoms with Crippen LogP contribution in [0.25, 0.3) is 0 Å². The first kappa shape index (κ1) is 15.5. The van der Waals surface area contributed by atoms with Crippen molar-refractivity contribution in [3.8, 4) is 6.07 Å². The number of benzene rings is 1. The highest BCUT2D eigenvalue weighted by Gasteiger charge is 2.35. The number of pyridine rings is 1. The Bertz CT molecular complexity index is 617. The van der Waals surface area contributed by atoms with Gasteiger partial charge in [-0.25, -0.2) is 0 Å². The van der Waals surface area contributed by atoms with Crippen LogP contribution >= 0.6 is 11.6 Å². The molecule has 0 saturated carbocycles. The lowest BCUT2D eigenvalue weighted by atomic mass is 9.75. The van der Waals surface area contributed by atoms with Crippen molar-refractivity contribution < 1.29 is 0 Å². The fourth-order valence-electron chi connectivity index (χ4n) is 2.34. The van der Waals surface area contributed by atoms with E-state index in [1.807, 2.05) is 56.6 Å². The number of aromatic nitrogens is 1. The Morgan fingerprint density at radius 2 is 1.90 bits per heavy atom. The lowest BCUT2D eigenvalue weighted by molar-refractivity contribution is 0.369. The monoisotopic (exact) mass is 299 g/mol. The third-order valence-electron chi connectivity index (χ3n) is 3.56. The Balaban J connectivity index is 2.52. The fraction of sp³-hybridized carbons (Fsp3) is 0.294. The molecule has 0 saturated heterocycles. The van der Waals surface area contributed by atoms with Crippen molar-refractivity contribution in [2.45, 2.75) is 11.8 Å². The van der Waals surface area contributed by atoms with E-state index in [4.69, 9.17) is 11.6 Å². The summed E-state index contributed by atoms with van der Waals surface area (Å²) >= 11 is 5.97. The van der Waals surface area contributed by atoms with Crippen LogP contribution in [-0.4, -0.2) is 30.5 Å². The van der Waals surface area contributed by atoms with Crippen LogP contribution in [-0.2, 0) is 5.41 Å². The number of nitriles is 1. The van der Waals surface area contributed by atoms with Crippen LogP contribution in [0.1, 0.15) is 17.7 Å². The molecule has 2 rings (SSSR count). The summed E-state index contributed by atoms with van der Waals surface area (Å²) < 4.78 is 0. The van der Waals surface area contributed by atoms with E-state index >= 15 is 0 Å². The lowest BCUT2D eigenvalue weighted by Gasteiger charge is -2.28. The average Bonchev–Trinajstić information content (AvgIpc) is 2.51. The summed E-state index contributed by atoms with van der Waals surface area (Å²) in [6.07, 6.45) is 2.40. The number of nitrogens with zero attached hydrogens (tertiary/aromatic N) is 3. The van der Waals surface area contributed by atoms with Gasteiger partial charge in [0.25, 0.3) is 0 Å². The molecule has 3 nitrogen and oxygen atoms in total. The second-order valence-electron chi connectivity index (χ2n) is 5.29. The van der Waals surface area contributed by atoms with E-state index in [1.54, 1.807) is 6.20 Å². The molecule has 108 valence electrons. The highest BCUT2D eigenvalue weighted by molar-refractivity contribution is 6.30. The number of hydrogen-bond acceptors (Lipinski definition) is 3. The van der Waals surface area contributed by atoms with Crippen LogP contribution in [0.3, 0.4) is 0 Å². The summed E-state index contributed by atoms with van der Waals surface area (Å²) in [6.45, 7) is 0.798. The van der Waals surface area contributed by atoms with Gasteiger partial charge in [-0.2, -0.15) is 5.26 Å². The minimum atomic E-state index is -0.754. The zero-order valence-electron chi connectivity index (χ0n) is 12.3. The summed E-state index contributed by atoms with van der Waals surface area (Å²) in [5, 5.41) is 10.6. The smallest absolute Gasteiger partial charge is 0.125 e. The molecule has 1 aromatic carbocycles. The predicted octanol–water partition coefficient (Wildman–Crippen LogP) is 3.50. The van der Waals surface area contributed by atoms with Crippen molar-refractivity contribution in [2.24, 2.45) is 0 Å². The van der Waals surface area contributed by atoms with Crippen molar-refractivity contribution >= 4 is 11.6 Å². The van der Waals surface area contributed by atoms with Gasteiger partial charge in [0.2, 0.25) is 0 Å². The molecule has 1 heterocycles. The van der Waals surface area contributed by atoms with Gasteiger partial charge in [0.05, 0.1) is 11.8 Å². The van der Waals surface area contributed by atoms with Gasteiger partial charge in [0, 0.05) is 11.2 Å². The normalized spacial score (nSPS) is 13.7. The molecule has 2 aromatic rings. The number of halogens is 1. The third kappa shape index (κ3) is 3.41. The molecule has 1 atom stereocenters. The molecular formula is C17H18ClN3. The Labute approximate surface area is 130 Å². The van der Waals surface area contributed by atoms with Crippen LogP contribution < -0.4 is 0 Å². The van der Waals surface area contributed by atoms with Crippen molar-refractivity contribution in [1.82, 2.24) is 9.88 Å². The second kappa shape index (κ2) is 6.71. The summed E-state index contributed by atoms with van der Waals surface area (Å²) in [5.41, 5.74) is 0.947. The van der Waals surface area contributed by atoms with E-state index < -0.39 is 5.41 Å². The fourth-order valence-corrected chi connectivity index (χ4v) is 2.46. The molecule has 0 N–H and O–H groups in total. The average molecular weight is 300 g/mol. The Kier molecular flexibility index (Phi) is 4.95. The maximum absolute atomic E-state index is 9.92. The van der Waals surface area contributed by atoms with E-state index in [-0.39, 0.29) is 0 Å². The largest absolute Gasteiger partial charge is 0.309 e. The molecule has 0 amide bonds. The molecule has 0 unspecified atom stereocenters. The molecular weight excluding hydrogens is 282 g/mol. The predicted molar refractivity (Wildman–Crippen MR) is 85.3 cm³/mol. The first-order valence-electron chi connectivity index (χ1n) is 6.82. The van der Waals surface area contributed by atoms with E-state index in [0.29, 0.717) is 11.4 Å². The van der Waals surface area contributed by atoms with Crippen molar-refractivity contribution in [3.63, 3.8) is 0 Å². The van der Waals surface area contributed by atoms with Crippen molar-refractivity contribution in [3.05, 3.63) is 64.9 Å². The molecule has 0 radical (unpaired) electrons. The maximum atomic E-state index is 9.92. The highest BCUT2D eigenvalue weighted by Crippen LogP contribution is 2.34. The molecule has 0 fully saturated rings. The summed E-state index contributed by atoms with van der Waals surface area (Å²) in [4.78, 5) is 6.50. The minimum Gasteiger partial charge on any atom is -0.309 e. The number of rotatable bonds is 5. The van der Waals surface area contributed by atoms with Crippen molar-refractivity contribution in [1.29, 1.82) is 5.26 Å². The van der Waals surface area contributed by atoms with Crippen LogP contribution in [0, 0.1) is 11.3 Å². The van der Waals surface area contributed by atoms with Gasteiger partial charge in [-0.3, -0.25) is 4.98 Å². The Morgan fingerprint density at radius 3 is 2.43 bits per heavy atom. The summed E-state index contributed by atoms with van der Waals surface area (Å²) in [6, 6.07) is 15.6. The maximum Gasteiger partial charge on any atom is 0.125 e. The minimum absolute atomic E-state index is 0.666. The van der Waals surface area contributed by atoms with Gasteiger partial charge < -0.3 is 4.90 Å². The van der Waals surface area contributed by atoms with Crippen LogP contribution in [0.15, 0.2) is 48.7 Å². The zero-order chi connectivity index (χ0) is 15.3. The molecule has 0 aliphatic rings. The van der Waals surface area contributed by atoms with Crippen molar-refractivity contribution in [2.75, 3.05) is 20.6 Å². The van der Waals surface area contributed by atoms with E-state index in [0.717, 1.165) is 17.8 Å². The zero-order valence-corrected chi connectivity index (χ0v) is 13.0. The first-order chi connectivity index (χ1) is 10.1. The first-order valence-corrected chi connectivity index (χ1v) is 7.20. The summed E-state index contributed by atoms with van der Waals surface area (Å²) in [5.74, 6) is 0. The summed E-state index contributed by atoms with van der Waals surface area (Å²) in [7, 11) is 4.00. The van der Waals surface area contributed by atoms with Crippen LogP contribution in [0.4, 0.5) is 0 Å². The van der Waals surface area contributed by atoms with Gasteiger partial charge in [-0.1, -0.05) is 29.8 Å². The Hall–Kier alpha value is -1.89. The van der Waals surface area contributed by atoms with E-state index in [1.165, 1.54) is 0 Å². The second-order valence-corrected chi connectivity index (χ2v) is 5.73. The molecule has 0 bridgehead atoms. The molecule has 0 aliphatic heterocycles. The number of hydrogen-bond donors (Lipinski definition) is 0. The lowest BCUT2D eigenvalue weighted by Crippen LogP contribution is -2.31. The highest BCUT2D eigenvalue weighted by atomic mass is 35.5. The molecule has 0 aliphatic carbocycles. The van der Waals surface area contributed by atoms with E-state index in [2.05, 4.69) is 16.0 Å². The topological polar surface area (TPSA) is 39.9 Å². The Morgan fingerprint density at radius 1 is 1.19 bits per heavy atom. The third-order valence-corrected chi connectivity index (χ3v) is 3.82.